The number of hydrogen-bond acceptors (Lipinski definition) is 6. The van der Waals surface area contributed by atoms with Crippen LogP contribution in [0.3, 0.4) is 0 Å². The molecule has 0 unspecified atom stereocenters. The van der Waals surface area contributed by atoms with Crippen LogP contribution in [-0.2, 0) is 20.7 Å². The van der Waals surface area contributed by atoms with Gasteiger partial charge in [-0.05, 0) is 57.7 Å². The van der Waals surface area contributed by atoms with Crippen molar-refractivity contribution in [2.45, 2.75) is 64.5 Å². The van der Waals surface area contributed by atoms with E-state index in [2.05, 4.69) is 5.32 Å². The van der Waals surface area contributed by atoms with Gasteiger partial charge in [-0.2, -0.15) is 0 Å². The number of carbonyl (C=O) groups excluding carboxylic acids is 2. The molecule has 1 fully saturated rings. The number of carbonyl (C=O) groups is 3. The Bertz CT molecular complexity index is 759. The second-order valence-electron chi connectivity index (χ2n) is 8.79. The predicted octanol–water partition coefficient (Wildman–Crippen LogP) is 3.60. The molecule has 0 bridgehead atoms. The van der Waals surface area contributed by atoms with Gasteiger partial charge in [-0.1, -0.05) is 25.0 Å². The van der Waals surface area contributed by atoms with Crippen molar-refractivity contribution in [3.8, 4) is 5.75 Å². The Morgan fingerprint density at radius 2 is 1.84 bits per heavy atom. The number of ether oxygens (including phenoxy) is 3. The van der Waals surface area contributed by atoms with Gasteiger partial charge in [-0.25, -0.2) is 9.59 Å². The molecule has 2 amide bonds. The summed E-state index contributed by atoms with van der Waals surface area (Å²) in [6.07, 6.45) is 3.36. The quantitative estimate of drug-likeness (QED) is 0.468. The largest absolute Gasteiger partial charge is 0.494 e. The number of nitrogens with zero attached hydrogens (tertiary/aromatic N) is 1. The number of hydrogen-bond donors (Lipinski definition) is 2. The van der Waals surface area contributed by atoms with Crippen LogP contribution in [0.1, 0.15) is 52.0 Å². The van der Waals surface area contributed by atoms with Crippen LogP contribution in [0.4, 0.5) is 9.59 Å². The fourth-order valence-corrected chi connectivity index (χ4v) is 3.27. The number of aliphatic carboxylic acids is 1. The minimum atomic E-state index is -1.06. The number of benzene rings is 1. The van der Waals surface area contributed by atoms with Crippen molar-refractivity contribution in [1.82, 2.24) is 10.2 Å². The SMILES string of the molecule is CC(C)(C)OC(=O)NCCCCCCOc1ccc(C[C@H]2COC(=O)N2CC(=O)O)cc1. The minimum Gasteiger partial charge on any atom is -0.494 e. The molecule has 32 heavy (non-hydrogen) atoms. The minimum absolute atomic E-state index is 0.192. The summed E-state index contributed by atoms with van der Waals surface area (Å²) in [5, 5.41) is 11.7. The zero-order valence-electron chi connectivity index (χ0n) is 19.1. The van der Waals surface area contributed by atoms with E-state index in [1.807, 2.05) is 45.0 Å². The first-order valence-electron chi connectivity index (χ1n) is 11.0. The van der Waals surface area contributed by atoms with Crippen molar-refractivity contribution in [2.75, 3.05) is 26.3 Å². The monoisotopic (exact) mass is 450 g/mol. The van der Waals surface area contributed by atoms with Crippen molar-refractivity contribution in [3.05, 3.63) is 29.8 Å². The highest BCUT2D eigenvalue weighted by Gasteiger charge is 2.34. The Balaban J connectivity index is 1.59. The second-order valence-corrected chi connectivity index (χ2v) is 8.79. The van der Waals surface area contributed by atoms with Crippen molar-refractivity contribution in [2.24, 2.45) is 0 Å². The third kappa shape index (κ3) is 9.45. The number of cyclic esters (lactones) is 1. The van der Waals surface area contributed by atoms with Crippen molar-refractivity contribution in [1.29, 1.82) is 0 Å². The van der Waals surface area contributed by atoms with Crippen molar-refractivity contribution >= 4 is 18.2 Å². The highest BCUT2D eigenvalue weighted by molar-refractivity contribution is 5.78. The summed E-state index contributed by atoms with van der Waals surface area (Å²) in [6.45, 7) is 6.54. The molecule has 0 aromatic heterocycles. The molecule has 2 rings (SSSR count). The van der Waals surface area contributed by atoms with Gasteiger partial charge in [0.1, 0.15) is 24.5 Å². The van der Waals surface area contributed by atoms with E-state index in [9.17, 15) is 14.4 Å². The smallest absolute Gasteiger partial charge is 0.410 e. The summed E-state index contributed by atoms with van der Waals surface area (Å²) in [4.78, 5) is 35.4. The molecular formula is C23H34N2O7. The Morgan fingerprint density at radius 1 is 1.16 bits per heavy atom. The van der Waals surface area contributed by atoms with Gasteiger partial charge in [0.15, 0.2) is 0 Å². The third-order valence-electron chi connectivity index (χ3n) is 4.78. The Morgan fingerprint density at radius 3 is 2.50 bits per heavy atom. The van der Waals surface area contributed by atoms with Crippen LogP contribution in [0.5, 0.6) is 5.75 Å². The van der Waals surface area contributed by atoms with E-state index in [-0.39, 0.29) is 25.3 Å². The van der Waals surface area contributed by atoms with Gasteiger partial charge in [0.05, 0.1) is 12.6 Å². The normalized spacial score (nSPS) is 15.9. The van der Waals surface area contributed by atoms with Crippen LogP contribution in [0.15, 0.2) is 24.3 Å². The number of unbranched alkanes of at least 4 members (excludes halogenated alkanes) is 3. The van der Waals surface area contributed by atoms with E-state index in [4.69, 9.17) is 19.3 Å². The topological polar surface area (TPSA) is 114 Å². The first kappa shape index (κ1) is 25.3. The fraction of sp³-hybridized carbons (Fsp3) is 0.609. The van der Waals surface area contributed by atoms with Crippen molar-refractivity contribution < 1.29 is 33.7 Å². The molecule has 9 heteroatoms. The molecule has 0 radical (unpaired) electrons. The zero-order valence-corrected chi connectivity index (χ0v) is 19.1. The van der Waals surface area contributed by atoms with E-state index in [1.165, 1.54) is 4.90 Å². The number of rotatable bonds is 12. The lowest BCUT2D eigenvalue weighted by Gasteiger charge is -2.19. The Labute approximate surface area is 189 Å². The van der Waals surface area contributed by atoms with Gasteiger partial charge in [0, 0.05) is 6.54 Å². The number of carboxylic acid groups (broad SMARTS) is 1. The third-order valence-corrected chi connectivity index (χ3v) is 4.78. The average Bonchev–Trinajstić information content (AvgIpc) is 3.03. The maximum Gasteiger partial charge on any atom is 0.410 e. The molecule has 0 aliphatic carbocycles. The lowest BCUT2D eigenvalue weighted by Crippen LogP contribution is -2.38. The summed E-state index contributed by atoms with van der Waals surface area (Å²) in [7, 11) is 0. The first-order chi connectivity index (χ1) is 15.1. The molecule has 1 aliphatic rings. The molecule has 178 valence electrons. The highest BCUT2D eigenvalue weighted by atomic mass is 16.6. The molecule has 1 aromatic carbocycles. The molecule has 1 saturated heterocycles. The summed E-state index contributed by atoms with van der Waals surface area (Å²) in [5.41, 5.74) is 0.498. The molecule has 0 saturated carbocycles. The van der Waals surface area contributed by atoms with Crippen LogP contribution in [-0.4, -0.2) is 66.1 Å². The number of nitrogens with one attached hydrogen (secondary N) is 1. The standard InChI is InChI=1S/C23H34N2O7/c1-23(2,3)32-21(28)24-12-6-4-5-7-13-30-19-10-8-17(9-11-19)14-18-16-31-22(29)25(18)15-20(26)27/h8-11,18H,4-7,12-16H2,1-3H3,(H,24,28)(H,26,27)/t18-/m0/s1. The first-order valence-corrected chi connectivity index (χ1v) is 11.0. The Hall–Kier alpha value is -2.97. The summed E-state index contributed by atoms with van der Waals surface area (Å²) in [5.74, 6) is -0.293. The Kier molecular flexibility index (Phi) is 9.61. The van der Waals surface area contributed by atoms with Crippen LogP contribution in [0.25, 0.3) is 0 Å². The van der Waals surface area contributed by atoms with E-state index in [0.29, 0.717) is 19.6 Å². The molecule has 2 N–H and O–H groups in total. The number of amides is 2. The maximum absolute atomic E-state index is 11.7. The maximum atomic E-state index is 11.7. The summed E-state index contributed by atoms with van der Waals surface area (Å²) >= 11 is 0. The molecule has 9 nitrogen and oxygen atoms in total. The molecule has 1 aromatic rings. The zero-order chi connectivity index (χ0) is 23.6. The summed E-state index contributed by atoms with van der Waals surface area (Å²) < 4.78 is 15.9. The highest BCUT2D eigenvalue weighted by Crippen LogP contribution is 2.19. The lowest BCUT2D eigenvalue weighted by atomic mass is 10.1. The number of alkyl carbamates (subject to hydrolysis) is 1. The van der Waals surface area contributed by atoms with Gasteiger partial charge in [-0.3, -0.25) is 9.69 Å². The van der Waals surface area contributed by atoms with Gasteiger partial charge in [0.25, 0.3) is 0 Å². The number of carboxylic acids is 1. The van der Waals surface area contributed by atoms with E-state index in [1.54, 1.807) is 0 Å². The van der Waals surface area contributed by atoms with E-state index >= 15 is 0 Å². The predicted molar refractivity (Wildman–Crippen MR) is 118 cm³/mol. The van der Waals surface area contributed by atoms with Crippen LogP contribution >= 0.6 is 0 Å². The van der Waals surface area contributed by atoms with Crippen LogP contribution in [0, 0.1) is 0 Å². The molecular weight excluding hydrogens is 416 g/mol. The molecule has 1 atom stereocenters. The molecule has 1 heterocycles. The molecule has 1 aliphatic heterocycles. The van der Waals surface area contributed by atoms with E-state index < -0.39 is 17.7 Å². The van der Waals surface area contributed by atoms with Crippen LogP contribution in [0.2, 0.25) is 0 Å². The summed E-state index contributed by atoms with van der Waals surface area (Å²) in [6, 6.07) is 7.30. The second kappa shape index (κ2) is 12.2. The van der Waals surface area contributed by atoms with Crippen LogP contribution < -0.4 is 10.1 Å². The molecule has 0 spiro atoms. The van der Waals surface area contributed by atoms with Crippen molar-refractivity contribution in [3.63, 3.8) is 0 Å². The van der Waals surface area contributed by atoms with Gasteiger partial charge in [-0.15, -0.1) is 0 Å². The fourth-order valence-electron chi connectivity index (χ4n) is 3.27. The van der Waals surface area contributed by atoms with Gasteiger partial charge >= 0.3 is 18.2 Å². The van der Waals surface area contributed by atoms with Gasteiger partial charge in [0.2, 0.25) is 0 Å². The van der Waals surface area contributed by atoms with E-state index in [0.717, 1.165) is 37.0 Å². The van der Waals surface area contributed by atoms with Gasteiger partial charge < -0.3 is 24.6 Å². The average molecular weight is 451 g/mol. The lowest BCUT2D eigenvalue weighted by molar-refractivity contribution is -0.137.